The van der Waals surface area contributed by atoms with E-state index in [4.69, 9.17) is 0 Å². The average Bonchev–Trinajstić information content (AvgIpc) is 3.27. The highest BCUT2D eigenvalue weighted by atomic mass is 19.4. The second kappa shape index (κ2) is 12.5. The number of amides is 1. The summed E-state index contributed by atoms with van der Waals surface area (Å²) in [5, 5.41) is 12.5. The van der Waals surface area contributed by atoms with E-state index < -0.39 is 52.4 Å². The fourth-order valence-electron chi connectivity index (χ4n) is 4.79. The van der Waals surface area contributed by atoms with Gasteiger partial charge in [0.2, 0.25) is 11.7 Å². The number of halogens is 6. The number of nitrogens with zero attached hydrogens (tertiary/aromatic N) is 4. The normalized spacial score (nSPS) is 17.3. The van der Waals surface area contributed by atoms with Gasteiger partial charge in [-0.05, 0) is 68.3 Å². The number of carbonyl (C=O) groups is 1. The van der Waals surface area contributed by atoms with Gasteiger partial charge >= 0.3 is 12.4 Å². The zero-order valence-electron chi connectivity index (χ0n) is 23.2. The van der Waals surface area contributed by atoms with Gasteiger partial charge in [-0.1, -0.05) is 24.0 Å². The third-order valence-corrected chi connectivity index (χ3v) is 6.79. The van der Waals surface area contributed by atoms with E-state index in [9.17, 15) is 41.3 Å². The molecule has 44 heavy (non-hydrogen) atoms. The minimum absolute atomic E-state index is 0.0181. The molecule has 9 nitrogen and oxygen atoms in total. The molecule has 2 aromatic carbocycles. The number of alkyl halides is 6. The summed E-state index contributed by atoms with van der Waals surface area (Å²) in [6, 6.07) is 10.5. The molecule has 15 heteroatoms. The monoisotopic (exact) mass is 621 g/mol. The van der Waals surface area contributed by atoms with E-state index in [1.54, 1.807) is 38.1 Å². The van der Waals surface area contributed by atoms with Gasteiger partial charge in [0.05, 0.1) is 28.9 Å². The largest absolute Gasteiger partial charge is 0.451 e. The molecule has 0 saturated carbocycles. The van der Waals surface area contributed by atoms with Crippen LogP contribution >= 0.6 is 0 Å². The molecule has 1 fully saturated rings. The van der Waals surface area contributed by atoms with Gasteiger partial charge in [0.1, 0.15) is 6.61 Å². The number of anilines is 1. The van der Waals surface area contributed by atoms with Crippen LogP contribution in [0.25, 0.3) is 0 Å². The minimum Gasteiger partial charge on any atom is -0.313 e. The highest BCUT2D eigenvalue weighted by Crippen LogP contribution is 2.40. The van der Waals surface area contributed by atoms with Gasteiger partial charge in [-0.15, -0.1) is 10.1 Å². The lowest BCUT2D eigenvalue weighted by Crippen LogP contribution is -2.48. The van der Waals surface area contributed by atoms with Crippen LogP contribution in [0.5, 0.6) is 0 Å². The molecule has 3 aromatic rings. The summed E-state index contributed by atoms with van der Waals surface area (Å²) in [5.74, 6) is 3.76. The van der Waals surface area contributed by atoms with Crippen LogP contribution in [0.15, 0.2) is 60.8 Å². The lowest BCUT2D eigenvalue weighted by molar-refractivity contribution is -0.757. The van der Waals surface area contributed by atoms with Crippen LogP contribution in [0.3, 0.4) is 0 Å². The maximum Gasteiger partial charge on any atom is 0.451 e. The van der Waals surface area contributed by atoms with Gasteiger partial charge < -0.3 is 9.74 Å². The highest BCUT2D eigenvalue weighted by molar-refractivity contribution is 6.00. The molecule has 0 unspecified atom stereocenters. The Hall–Kier alpha value is -4.71. The van der Waals surface area contributed by atoms with Crippen LogP contribution in [-0.2, 0) is 27.5 Å². The van der Waals surface area contributed by atoms with E-state index >= 15 is 0 Å². The lowest BCUT2D eigenvalue weighted by atomic mass is 9.96. The Labute approximate surface area is 247 Å². The molecule has 1 saturated heterocycles. The Balaban J connectivity index is 1.66. The Bertz CT molecular complexity index is 1580. The molecule has 2 heterocycles. The number of nitrogens with one attached hydrogen (secondary N) is 1. The van der Waals surface area contributed by atoms with Crippen molar-refractivity contribution in [2.24, 2.45) is 0 Å². The van der Waals surface area contributed by atoms with Crippen LogP contribution in [-0.4, -0.2) is 33.6 Å². The van der Waals surface area contributed by atoms with Crippen molar-refractivity contribution in [2.45, 2.75) is 56.7 Å². The third-order valence-electron chi connectivity index (χ3n) is 6.79. The summed E-state index contributed by atoms with van der Waals surface area (Å²) in [7, 11) is 0. The first-order valence-electron chi connectivity index (χ1n) is 13.1. The Kier molecular flexibility index (Phi) is 9.14. The average molecular weight is 622 g/mol. The van der Waals surface area contributed by atoms with E-state index in [0.717, 1.165) is 18.3 Å². The third kappa shape index (κ3) is 7.62. The van der Waals surface area contributed by atoms with Crippen molar-refractivity contribution < 1.29 is 41.1 Å². The van der Waals surface area contributed by atoms with E-state index in [0.29, 0.717) is 11.1 Å². The molecular formula is C29H25F6N5O4. The molecule has 232 valence electrons. The first-order valence-corrected chi connectivity index (χ1v) is 13.1. The van der Waals surface area contributed by atoms with E-state index in [2.05, 4.69) is 32.0 Å². The summed E-state index contributed by atoms with van der Waals surface area (Å²) in [4.78, 5) is 36.6. The van der Waals surface area contributed by atoms with Gasteiger partial charge in [-0.3, -0.25) is 10.1 Å². The van der Waals surface area contributed by atoms with Gasteiger partial charge in [0.15, 0.2) is 0 Å². The van der Waals surface area contributed by atoms with E-state index in [-0.39, 0.29) is 30.8 Å². The summed E-state index contributed by atoms with van der Waals surface area (Å²) in [6.45, 7) is 2.88. The molecule has 2 atom stereocenters. The quantitative estimate of drug-likeness (QED) is 0.111. The van der Waals surface area contributed by atoms with Gasteiger partial charge in [-0.2, -0.15) is 26.3 Å². The minimum atomic E-state index is -4.78. The van der Waals surface area contributed by atoms with Crippen molar-refractivity contribution in [3.8, 4) is 11.8 Å². The number of hydrogen-bond acceptors (Lipinski definition) is 7. The van der Waals surface area contributed by atoms with Crippen LogP contribution in [0, 0.1) is 22.0 Å². The van der Waals surface area contributed by atoms with Crippen molar-refractivity contribution in [2.75, 3.05) is 11.5 Å². The number of aromatic nitrogens is 2. The van der Waals surface area contributed by atoms with E-state index in [1.807, 2.05) is 0 Å². The second-order valence-corrected chi connectivity index (χ2v) is 10.3. The summed E-state index contributed by atoms with van der Waals surface area (Å²) >= 11 is 0. The molecule has 1 aliphatic heterocycles. The van der Waals surface area contributed by atoms with Crippen molar-refractivity contribution >= 4 is 11.6 Å². The van der Waals surface area contributed by atoms with Crippen molar-refractivity contribution in [1.29, 1.82) is 0 Å². The molecule has 1 amide bonds. The molecule has 0 spiro atoms. The molecule has 1 aromatic heterocycles. The summed E-state index contributed by atoms with van der Waals surface area (Å²) in [6.07, 6.45) is -8.23. The lowest BCUT2D eigenvalue weighted by Gasteiger charge is -2.29. The van der Waals surface area contributed by atoms with Gasteiger partial charge in [0.25, 0.3) is 5.09 Å². The first kappa shape index (κ1) is 32.2. The first-order chi connectivity index (χ1) is 20.6. The van der Waals surface area contributed by atoms with Crippen LogP contribution in [0.1, 0.15) is 60.9 Å². The van der Waals surface area contributed by atoms with E-state index in [1.165, 1.54) is 23.1 Å². The predicted molar refractivity (Wildman–Crippen MR) is 144 cm³/mol. The van der Waals surface area contributed by atoms with Crippen molar-refractivity contribution in [1.82, 2.24) is 15.3 Å². The molecule has 1 aliphatic rings. The SMILES string of the molecule is CC(C)(N[C@@H]1C[C@H](c2cccc(C#CCCO[N+](=O)[O-])c2)N(c2ccc(C(F)(F)F)cc2)C1=O)c1ccnc(C(F)(F)F)n1. The Morgan fingerprint density at radius 1 is 1.07 bits per heavy atom. The topological polar surface area (TPSA) is 110 Å². The maximum atomic E-state index is 13.8. The predicted octanol–water partition coefficient (Wildman–Crippen LogP) is 5.84. The summed E-state index contributed by atoms with van der Waals surface area (Å²) in [5.41, 5.74) is -0.873. The number of benzene rings is 2. The molecule has 4 rings (SSSR count). The summed E-state index contributed by atoms with van der Waals surface area (Å²) < 4.78 is 79.5. The molecule has 0 bridgehead atoms. The zero-order chi connectivity index (χ0) is 32.3. The molecule has 0 aliphatic carbocycles. The number of hydrogen-bond donors (Lipinski definition) is 1. The van der Waals surface area contributed by atoms with Crippen LogP contribution < -0.4 is 10.2 Å². The van der Waals surface area contributed by atoms with Crippen LogP contribution in [0.2, 0.25) is 0 Å². The Morgan fingerprint density at radius 2 is 1.77 bits per heavy atom. The second-order valence-electron chi connectivity index (χ2n) is 10.3. The Morgan fingerprint density at radius 3 is 2.41 bits per heavy atom. The number of rotatable bonds is 8. The fourth-order valence-corrected chi connectivity index (χ4v) is 4.79. The van der Waals surface area contributed by atoms with Gasteiger partial charge in [0, 0.05) is 23.9 Å². The smallest absolute Gasteiger partial charge is 0.313 e. The van der Waals surface area contributed by atoms with Crippen molar-refractivity contribution in [3.63, 3.8) is 0 Å². The zero-order valence-corrected chi connectivity index (χ0v) is 23.2. The molecule has 0 radical (unpaired) electrons. The van der Waals surface area contributed by atoms with Gasteiger partial charge in [-0.25, -0.2) is 9.97 Å². The standard InChI is InChI=1S/C29H25F6N5O4/c1-27(2,24-13-14-36-26(37-24)29(33,34)35)38-22-17-23(19-8-5-7-18(16-19)6-3-4-15-44-40(42)43)39(25(22)41)21-11-9-20(10-12-21)28(30,31)32/h5,7-14,16,22-23,38H,4,15,17H2,1-2H3/t22-,23-/m1/s1. The molecule has 1 N–H and O–H groups in total. The molecular weight excluding hydrogens is 596 g/mol. The van der Waals surface area contributed by atoms with Crippen molar-refractivity contribution in [3.05, 3.63) is 99.1 Å². The maximum absolute atomic E-state index is 13.8. The highest BCUT2D eigenvalue weighted by Gasteiger charge is 2.44. The van der Waals surface area contributed by atoms with Crippen LogP contribution in [0.4, 0.5) is 32.0 Å². The fraction of sp³-hybridized carbons (Fsp3) is 0.345. The number of carbonyl (C=O) groups excluding carboxylic acids is 1.